The number of ether oxygens (including phenoxy) is 2. The van der Waals surface area contributed by atoms with Crippen molar-refractivity contribution in [1.82, 2.24) is 10.3 Å². The van der Waals surface area contributed by atoms with Crippen molar-refractivity contribution in [3.8, 4) is 0 Å². The zero-order valence-corrected chi connectivity index (χ0v) is 21.2. The summed E-state index contributed by atoms with van der Waals surface area (Å²) in [5, 5.41) is 15.8. The van der Waals surface area contributed by atoms with Crippen molar-refractivity contribution in [2.24, 2.45) is 0 Å². The molecule has 188 valence electrons. The summed E-state index contributed by atoms with van der Waals surface area (Å²) < 4.78 is 10.3. The number of carbonyl (C=O) groups is 2. The number of nitro groups is 1. The Morgan fingerprint density at radius 1 is 1.06 bits per heavy atom. The van der Waals surface area contributed by atoms with Gasteiger partial charge >= 0.3 is 11.9 Å². The van der Waals surface area contributed by atoms with Crippen LogP contribution in [0.25, 0.3) is 0 Å². The molecule has 3 aromatic rings. The van der Waals surface area contributed by atoms with Crippen molar-refractivity contribution in [3.05, 3.63) is 104 Å². The van der Waals surface area contributed by atoms with E-state index in [1.165, 1.54) is 37.7 Å². The maximum absolute atomic E-state index is 13.3. The fourth-order valence-electron chi connectivity index (χ4n) is 4.55. The van der Waals surface area contributed by atoms with Gasteiger partial charge in [0, 0.05) is 35.4 Å². The summed E-state index contributed by atoms with van der Waals surface area (Å²) in [6.07, 6.45) is 1.67. The van der Waals surface area contributed by atoms with Gasteiger partial charge in [0.15, 0.2) is 0 Å². The van der Waals surface area contributed by atoms with Gasteiger partial charge in [-0.3, -0.25) is 14.9 Å². The molecule has 2 aromatic carbocycles. The maximum atomic E-state index is 13.3. The fourth-order valence-corrected chi connectivity index (χ4v) is 5.37. The summed E-state index contributed by atoms with van der Waals surface area (Å²) in [7, 11) is 2.70. The van der Waals surface area contributed by atoms with Crippen molar-refractivity contribution >= 4 is 29.0 Å². The summed E-state index contributed by atoms with van der Waals surface area (Å²) in [6, 6.07) is 17.0. The number of benzene rings is 2. The van der Waals surface area contributed by atoms with E-state index in [-0.39, 0.29) is 11.7 Å². The highest BCUT2D eigenvalue weighted by atomic mass is 32.1. The number of nitro benzene ring substituents is 1. The van der Waals surface area contributed by atoms with Crippen LogP contribution in [-0.2, 0) is 24.5 Å². The van der Waals surface area contributed by atoms with Crippen molar-refractivity contribution in [3.63, 3.8) is 0 Å². The molecule has 9 nitrogen and oxygen atoms in total. The van der Waals surface area contributed by atoms with Crippen LogP contribution in [0.4, 0.5) is 5.69 Å². The molecule has 1 aromatic heterocycles. The van der Waals surface area contributed by atoms with E-state index in [1.807, 2.05) is 49.6 Å². The van der Waals surface area contributed by atoms with E-state index in [1.54, 1.807) is 24.4 Å². The fraction of sp³-hybridized carbons (Fsp3) is 0.269. The first-order valence-electron chi connectivity index (χ1n) is 11.1. The van der Waals surface area contributed by atoms with Crippen LogP contribution in [-0.4, -0.2) is 42.1 Å². The number of aromatic nitrogens is 1. The lowest BCUT2D eigenvalue weighted by atomic mass is 9.61. The second kappa shape index (κ2) is 11.6. The molecule has 2 heterocycles. The van der Waals surface area contributed by atoms with E-state index in [0.29, 0.717) is 16.3 Å². The summed E-state index contributed by atoms with van der Waals surface area (Å²) in [6.45, 7) is 3.73. The zero-order valence-electron chi connectivity index (χ0n) is 20.3. The summed E-state index contributed by atoms with van der Waals surface area (Å²) in [5.41, 5.74) is 0.782. The van der Waals surface area contributed by atoms with Crippen molar-refractivity contribution in [2.75, 3.05) is 14.2 Å². The van der Waals surface area contributed by atoms with Crippen molar-refractivity contribution in [2.45, 2.75) is 31.2 Å². The molecule has 0 fully saturated rings. The molecule has 1 aliphatic heterocycles. The molecule has 0 aliphatic carbocycles. The molecular formula is C26H27N3O6S. The number of rotatable bonds is 5. The third-order valence-corrected chi connectivity index (χ3v) is 6.95. The Labute approximate surface area is 212 Å². The molecular weight excluding hydrogens is 482 g/mol. The number of thiazole rings is 1. The monoisotopic (exact) mass is 509 g/mol. The van der Waals surface area contributed by atoms with Gasteiger partial charge in [0.25, 0.3) is 5.69 Å². The van der Waals surface area contributed by atoms with E-state index >= 15 is 0 Å². The van der Waals surface area contributed by atoms with Gasteiger partial charge in [0.1, 0.15) is 10.4 Å². The highest BCUT2D eigenvalue weighted by molar-refractivity contribution is 7.09. The highest BCUT2D eigenvalue weighted by Crippen LogP contribution is 2.51. The zero-order chi connectivity index (χ0) is 26.3. The number of allylic oxidation sites excluding steroid dienone is 1. The van der Waals surface area contributed by atoms with Gasteiger partial charge in [-0.15, -0.1) is 11.3 Å². The van der Waals surface area contributed by atoms with Crippen LogP contribution in [0.2, 0.25) is 0 Å². The number of carbonyl (C=O) groups excluding carboxylic acids is 2. The van der Waals surface area contributed by atoms with E-state index in [2.05, 4.69) is 10.3 Å². The molecule has 3 unspecified atom stereocenters. The molecule has 4 rings (SSSR count). The number of nitrogens with one attached hydrogen (secondary N) is 1. The van der Waals surface area contributed by atoms with E-state index < -0.39 is 28.2 Å². The van der Waals surface area contributed by atoms with Crippen LogP contribution in [0.5, 0.6) is 0 Å². The SMILES string of the molecule is COC(=O)C1=C(C)NC(C)C(C(=O)OC)(c2ccccc2)C1c1nccs1.O=[N+]([O-])c1ccccc1. The number of para-hydroxylation sites is 1. The number of nitrogens with zero attached hydrogens (tertiary/aromatic N) is 2. The minimum absolute atomic E-state index is 0.137. The molecule has 0 radical (unpaired) electrons. The standard InChI is InChI=1S/C20H22N2O4S.C6H5NO2/c1-12-15(18(23)25-3)16(17-21-10-11-27-17)20(13(2)22-12,19(24)26-4)14-8-6-5-7-9-14;8-7(9)6-4-2-1-3-5-6/h5-11,13,16,22H,1-4H3;1-5H. The number of non-ortho nitro benzene ring substituents is 1. The first-order chi connectivity index (χ1) is 17.3. The van der Waals surface area contributed by atoms with Gasteiger partial charge in [-0.05, 0) is 19.4 Å². The van der Waals surface area contributed by atoms with Gasteiger partial charge < -0.3 is 14.8 Å². The largest absolute Gasteiger partial charge is 0.468 e. The third kappa shape index (κ3) is 4.99. The molecule has 0 spiro atoms. The third-order valence-electron chi connectivity index (χ3n) is 6.11. The predicted octanol–water partition coefficient (Wildman–Crippen LogP) is 4.37. The molecule has 36 heavy (non-hydrogen) atoms. The van der Waals surface area contributed by atoms with Crippen LogP contribution >= 0.6 is 11.3 Å². The minimum atomic E-state index is -1.17. The number of methoxy groups -OCH3 is 2. The summed E-state index contributed by atoms with van der Waals surface area (Å²) in [4.78, 5) is 40.1. The lowest BCUT2D eigenvalue weighted by Crippen LogP contribution is -2.60. The molecule has 0 bridgehead atoms. The lowest BCUT2D eigenvalue weighted by Gasteiger charge is -2.47. The number of hydrogen-bond acceptors (Lipinski definition) is 9. The topological polar surface area (TPSA) is 121 Å². The molecule has 3 atom stereocenters. The Balaban J connectivity index is 0.000000338. The van der Waals surface area contributed by atoms with Gasteiger partial charge in [-0.1, -0.05) is 48.5 Å². The Kier molecular flexibility index (Phi) is 8.55. The quantitative estimate of drug-likeness (QED) is 0.306. The molecule has 10 heteroatoms. The smallest absolute Gasteiger partial charge is 0.336 e. The van der Waals surface area contributed by atoms with Crippen molar-refractivity contribution < 1.29 is 24.0 Å². The maximum Gasteiger partial charge on any atom is 0.336 e. The minimum Gasteiger partial charge on any atom is -0.468 e. The van der Waals surface area contributed by atoms with E-state index in [0.717, 1.165) is 5.56 Å². The second-order valence-electron chi connectivity index (χ2n) is 8.02. The van der Waals surface area contributed by atoms with E-state index in [4.69, 9.17) is 9.47 Å². The van der Waals surface area contributed by atoms with Gasteiger partial charge in [0.2, 0.25) is 0 Å². The normalized spacial score (nSPS) is 20.9. The van der Waals surface area contributed by atoms with Crippen LogP contribution in [0.1, 0.15) is 30.3 Å². The Morgan fingerprint density at radius 3 is 2.14 bits per heavy atom. The average molecular weight is 510 g/mol. The van der Waals surface area contributed by atoms with Gasteiger partial charge in [-0.25, -0.2) is 9.78 Å². The molecule has 0 saturated heterocycles. The van der Waals surface area contributed by atoms with Crippen LogP contribution in [0, 0.1) is 10.1 Å². The van der Waals surface area contributed by atoms with Crippen LogP contribution in [0.15, 0.2) is 83.5 Å². The number of esters is 2. The van der Waals surface area contributed by atoms with Gasteiger partial charge in [-0.2, -0.15) is 0 Å². The van der Waals surface area contributed by atoms with E-state index in [9.17, 15) is 19.7 Å². The Morgan fingerprint density at radius 2 is 1.67 bits per heavy atom. The average Bonchev–Trinajstić information content (AvgIpc) is 3.43. The first-order valence-corrected chi connectivity index (χ1v) is 11.9. The second-order valence-corrected chi connectivity index (χ2v) is 8.95. The highest BCUT2D eigenvalue weighted by Gasteiger charge is 2.59. The molecule has 1 aliphatic rings. The Hall–Kier alpha value is -4.05. The van der Waals surface area contributed by atoms with Crippen LogP contribution < -0.4 is 5.32 Å². The molecule has 0 amide bonds. The molecule has 1 N–H and O–H groups in total. The lowest BCUT2D eigenvalue weighted by molar-refractivity contribution is -0.384. The first kappa shape index (κ1) is 26.6. The number of hydrogen-bond donors (Lipinski definition) is 1. The van der Waals surface area contributed by atoms with Crippen molar-refractivity contribution in [1.29, 1.82) is 0 Å². The predicted molar refractivity (Wildman–Crippen MR) is 135 cm³/mol. The summed E-state index contributed by atoms with van der Waals surface area (Å²) in [5.74, 6) is -1.55. The molecule has 0 saturated carbocycles. The van der Waals surface area contributed by atoms with Crippen LogP contribution in [0.3, 0.4) is 0 Å². The van der Waals surface area contributed by atoms with Gasteiger partial charge in [0.05, 0.1) is 30.6 Å². The summed E-state index contributed by atoms with van der Waals surface area (Å²) >= 11 is 1.40. The Bertz CT molecular complexity index is 1230.